The molecule has 0 amide bonds. The van der Waals surface area contributed by atoms with Crippen LogP contribution in [0.25, 0.3) is 20.8 Å². The Bertz CT molecular complexity index is 1280. The van der Waals surface area contributed by atoms with E-state index >= 15 is 0 Å². The topological polar surface area (TPSA) is 123 Å². The molecule has 5 N–H and O–H groups in total. The Morgan fingerprint density at radius 1 is 1.06 bits per heavy atom. The Balaban J connectivity index is 1.50. The maximum absolute atomic E-state index is 10.6. The van der Waals surface area contributed by atoms with Crippen LogP contribution in [-0.2, 0) is 6.54 Å². The van der Waals surface area contributed by atoms with Gasteiger partial charge >= 0.3 is 0 Å². The third-order valence-corrected chi connectivity index (χ3v) is 7.22. The molecule has 0 saturated heterocycles. The van der Waals surface area contributed by atoms with E-state index in [9.17, 15) is 15.3 Å². The number of anilines is 2. The number of aryl methyl sites for hydroxylation is 1. The number of fused-ring (bicyclic) bond motifs is 1. The van der Waals surface area contributed by atoms with E-state index in [4.69, 9.17) is 9.97 Å². The van der Waals surface area contributed by atoms with Crippen molar-refractivity contribution in [1.29, 1.82) is 0 Å². The summed E-state index contributed by atoms with van der Waals surface area (Å²) >= 11 is 1.58. The van der Waals surface area contributed by atoms with Gasteiger partial charge in [-0.25, -0.2) is 9.97 Å². The number of aromatic nitrogens is 3. The first-order chi connectivity index (χ1) is 16.5. The molecule has 0 bridgehead atoms. The second-order valence-corrected chi connectivity index (χ2v) is 9.74. The van der Waals surface area contributed by atoms with E-state index in [2.05, 4.69) is 15.6 Å². The van der Waals surface area contributed by atoms with Crippen LogP contribution in [0.5, 0.6) is 5.75 Å². The van der Waals surface area contributed by atoms with Crippen LogP contribution in [-0.4, -0.2) is 49.0 Å². The summed E-state index contributed by atoms with van der Waals surface area (Å²) in [5.41, 5.74) is 3.40. The standard InChI is InChI=1S/C25H27N5O3S/c1-14-22(24-29-18-7-2-3-8-21(18)34-24)23(28-19-10-16(13-31)11-20(19)33)30-25(27-14)26-12-15-5-4-6-17(32)9-15/h2-9,16,19-20,31-33H,10-13H2,1H3,(H2,26,27,28,30)/t16-,19+,20+/m0/s1. The van der Waals surface area contributed by atoms with E-state index in [0.717, 1.165) is 32.0 Å². The van der Waals surface area contributed by atoms with Gasteiger partial charge in [0.2, 0.25) is 5.95 Å². The number of aromatic hydroxyl groups is 1. The summed E-state index contributed by atoms with van der Waals surface area (Å²) in [6, 6.07) is 14.8. The molecule has 2 aromatic carbocycles. The van der Waals surface area contributed by atoms with Crippen molar-refractivity contribution in [3.8, 4) is 16.3 Å². The molecule has 9 heteroatoms. The molecular formula is C25H27N5O3S. The first kappa shape index (κ1) is 22.5. The number of phenols is 1. The monoisotopic (exact) mass is 477 g/mol. The molecule has 1 fully saturated rings. The summed E-state index contributed by atoms with van der Waals surface area (Å²) in [7, 11) is 0. The molecule has 0 radical (unpaired) electrons. The molecule has 1 saturated carbocycles. The number of nitrogens with zero attached hydrogens (tertiary/aromatic N) is 3. The van der Waals surface area contributed by atoms with Crippen LogP contribution in [0, 0.1) is 12.8 Å². The SMILES string of the molecule is Cc1nc(NCc2cccc(O)c2)nc(N[C@@H]2C[C@H](CO)C[C@H]2O)c1-c1nc2ccccc2s1. The van der Waals surface area contributed by atoms with Crippen molar-refractivity contribution in [2.24, 2.45) is 5.92 Å². The maximum atomic E-state index is 10.6. The predicted molar refractivity (Wildman–Crippen MR) is 134 cm³/mol. The smallest absolute Gasteiger partial charge is 0.225 e. The van der Waals surface area contributed by atoms with Crippen LogP contribution in [0.15, 0.2) is 48.5 Å². The molecule has 1 aliphatic carbocycles. The van der Waals surface area contributed by atoms with E-state index < -0.39 is 6.10 Å². The van der Waals surface area contributed by atoms with Crippen molar-refractivity contribution in [3.05, 3.63) is 59.8 Å². The molecule has 0 aliphatic heterocycles. The predicted octanol–water partition coefficient (Wildman–Crippen LogP) is 3.92. The molecule has 2 aromatic heterocycles. The van der Waals surface area contributed by atoms with Gasteiger partial charge in [-0.2, -0.15) is 4.98 Å². The summed E-state index contributed by atoms with van der Waals surface area (Å²) in [5.74, 6) is 1.32. The van der Waals surface area contributed by atoms with Gasteiger partial charge in [0.25, 0.3) is 0 Å². The highest BCUT2D eigenvalue weighted by molar-refractivity contribution is 7.21. The van der Waals surface area contributed by atoms with Crippen LogP contribution in [0.2, 0.25) is 0 Å². The van der Waals surface area contributed by atoms with E-state index in [-0.39, 0.29) is 24.3 Å². The number of aliphatic hydroxyl groups is 2. The van der Waals surface area contributed by atoms with Gasteiger partial charge in [-0.1, -0.05) is 24.3 Å². The summed E-state index contributed by atoms with van der Waals surface area (Å²) in [5, 5.41) is 37.4. The van der Waals surface area contributed by atoms with E-state index in [1.807, 2.05) is 37.3 Å². The molecular weight excluding hydrogens is 450 g/mol. The average molecular weight is 478 g/mol. The minimum atomic E-state index is -0.570. The molecule has 4 aromatic rings. The number of thiazole rings is 1. The number of rotatable bonds is 7. The minimum absolute atomic E-state index is 0.0551. The zero-order valence-corrected chi connectivity index (χ0v) is 19.6. The Kier molecular flexibility index (Phi) is 6.32. The molecule has 3 atom stereocenters. The normalized spacial score (nSPS) is 20.0. The lowest BCUT2D eigenvalue weighted by Gasteiger charge is -2.20. The molecule has 8 nitrogen and oxygen atoms in total. The lowest BCUT2D eigenvalue weighted by atomic mass is 10.1. The van der Waals surface area contributed by atoms with Crippen LogP contribution >= 0.6 is 11.3 Å². The van der Waals surface area contributed by atoms with Crippen LogP contribution in [0.3, 0.4) is 0 Å². The zero-order valence-electron chi connectivity index (χ0n) is 18.8. The number of para-hydroxylation sites is 1. The third kappa shape index (κ3) is 4.68. The molecule has 34 heavy (non-hydrogen) atoms. The molecule has 2 heterocycles. The molecule has 5 rings (SSSR count). The first-order valence-electron chi connectivity index (χ1n) is 11.3. The number of hydrogen-bond acceptors (Lipinski definition) is 9. The quantitative estimate of drug-likeness (QED) is 0.271. The molecule has 0 spiro atoms. The highest BCUT2D eigenvalue weighted by atomic mass is 32.1. The van der Waals surface area contributed by atoms with Crippen molar-refractivity contribution in [2.75, 3.05) is 17.2 Å². The largest absolute Gasteiger partial charge is 0.508 e. The van der Waals surface area contributed by atoms with Gasteiger partial charge in [0.05, 0.1) is 33.6 Å². The van der Waals surface area contributed by atoms with Crippen LogP contribution < -0.4 is 10.6 Å². The Labute approximate surface area is 201 Å². The zero-order chi connectivity index (χ0) is 23.7. The van der Waals surface area contributed by atoms with Crippen molar-refractivity contribution in [1.82, 2.24) is 15.0 Å². The van der Waals surface area contributed by atoms with Gasteiger partial charge in [0.15, 0.2) is 0 Å². The van der Waals surface area contributed by atoms with Gasteiger partial charge in [-0.15, -0.1) is 11.3 Å². The van der Waals surface area contributed by atoms with Gasteiger partial charge in [0, 0.05) is 13.2 Å². The van der Waals surface area contributed by atoms with Gasteiger partial charge < -0.3 is 26.0 Å². The molecule has 0 unspecified atom stereocenters. The highest BCUT2D eigenvalue weighted by Gasteiger charge is 2.33. The fourth-order valence-electron chi connectivity index (χ4n) is 4.44. The summed E-state index contributed by atoms with van der Waals surface area (Å²) in [6.45, 7) is 2.43. The minimum Gasteiger partial charge on any atom is -0.508 e. The second kappa shape index (κ2) is 9.54. The van der Waals surface area contributed by atoms with Crippen molar-refractivity contribution in [2.45, 2.75) is 38.5 Å². The van der Waals surface area contributed by atoms with Crippen LogP contribution in [0.4, 0.5) is 11.8 Å². The first-order valence-corrected chi connectivity index (χ1v) is 12.1. The summed E-state index contributed by atoms with van der Waals surface area (Å²) in [4.78, 5) is 14.3. The number of nitrogens with one attached hydrogen (secondary N) is 2. The fourth-order valence-corrected chi connectivity index (χ4v) is 5.50. The fraction of sp³-hybridized carbons (Fsp3) is 0.320. The van der Waals surface area contributed by atoms with Gasteiger partial charge in [-0.05, 0) is 55.5 Å². The van der Waals surface area contributed by atoms with Gasteiger partial charge in [0.1, 0.15) is 16.6 Å². The summed E-state index contributed by atoms with van der Waals surface area (Å²) in [6.07, 6.45) is 0.642. The number of hydrogen-bond donors (Lipinski definition) is 5. The maximum Gasteiger partial charge on any atom is 0.225 e. The average Bonchev–Trinajstić information content (AvgIpc) is 3.40. The van der Waals surface area contributed by atoms with E-state index in [1.54, 1.807) is 29.5 Å². The number of benzene rings is 2. The lowest BCUT2D eigenvalue weighted by Crippen LogP contribution is -2.29. The van der Waals surface area contributed by atoms with E-state index in [0.29, 0.717) is 31.2 Å². The van der Waals surface area contributed by atoms with Gasteiger partial charge in [-0.3, -0.25) is 0 Å². The van der Waals surface area contributed by atoms with Crippen molar-refractivity contribution < 1.29 is 15.3 Å². The Hall–Kier alpha value is -3.27. The molecule has 1 aliphatic rings. The summed E-state index contributed by atoms with van der Waals surface area (Å²) < 4.78 is 1.08. The van der Waals surface area contributed by atoms with Crippen molar-refractivity contribution >= 4 is 33.3 Å². The number of aliphatic hydroxyl groups excluding tert-OH is 2. The van der Waals surface area contributed by atoms with Crippen molar-refractivity contribution in [3.63, 3.8) is 0 Å². The lowest BCUT2D eigenvalue weighted by molar-refractivity contribution is 0.157. The second-order valence-electron chi connectivity index (χ2n) is 8.70. The van der Waals surface area contributed by atoms with E-state index in [1.165, 1.54) is 0 Å². The molecule has 176 valence electrons. The Morgan fingerprint density at radius 3 is 2.68 bits per heavy atom. The third-order valence-electron chi connectivity index (χ3n) is 6.17. The van der Waals surface area contributed by atoms with Crippen LogP contribution in [0.1, 0.15) is 24.1 Å². The number of phenolic OH excluding ortho intramolecular Hbond substituents is 1. The Morgan fingerprint density at radius 2 is 1.91 bits per heavy atom. The highest BCUT2D eigenvalue weighted by Crippen LogP contribution is 2.38.